The smallest absolute Gasteiger partial charge is 0.0225 e. The van der Waals surface area contributed by atoms with Crippen LogP contribution in [0.3, 0.4) is 0 Å². The summed E-state index contributed by atoms with van der Waals surface area (Å²) < 4.78 is 2.39. The second-order valence-corrected chi connectivity index (χ2v) is 5.15. The molecule has 2 rings (SSSR count). The Hall–Kier alpha value is -0.760. The summed E-state index contributed by atoms with van der Waals surface area (Å²) in [5.41, 5.74) is 4.28. The van der Waals surface area contributed by atoms with Crippen LogP contribution in [0.1, 0.15) is 43.6 Å². The van der Waals surface area contributed by atoms with Gasteiger partial charge < -0.3 is 9.88 Å². The molecular formula is C14H24N2. The summed E-state index contributed by atoms with van der Waals surface area (Å²) >= 11 is 0. The number of aromatic nitrogens is 1. The fourth-order valence-corrected chi connectivity index (χ4v) is 2.57. The van der Waals surface area contributed by atoms with Crippen LogP contribution in [0.4, 0.5) is 0 Å². The van der Waals surface area contributed by atoms with E-state index in [-0.39, 0.29) is 0 Å². The molecule has 2 nitrogen and oxygen atoms in total. The third-order valence-electron chi connectivity index (χ3n) is 3.94. The van der Waals surface area contributed by atoms with Crippen LogP contribution in [0.5, 0.6) is 0 Å². The van der Waals surface area contributed by atoms with Gasteiger partial charge in [-0.3, -0.25) is 0 Å². The molecule has 1 atom stereocenters. The molecule has 1 aromatic heterocycles. The molecule has 0 aliphatic heterocycles. The van der Waals surface area contributed by atoms with E-state index in [1.54, 1.807) is 0 Å². The summed E-state index contributed by atoms with van der Waals surface area (Å²) in [6.45, 7) is 11.1. The third-order valence-corrected chi connectivity index (χ3v) is 3.94. The molecule has 1 aliphatic rings. The van der Waals surface area contributed by atoms with Gasteiger partial charge in [0.25, 0.3) is 0 Å². The minimum Gasteiger partial charge on any atom is -0.349 e. The van der Waals surface area contributed by atoms with E-state index in [1.165, 1.54) is 29.8 Å². The lowest BCUT2D eigenvalue weighted by Crippen LogP contribution is -2.27. The molecule has 1 unspecified atom stereocenters. The van der Waals surface area contributed by atoms with Crippen molar-refractivity contribution in [1.29, 1.82) is 0 Å². The first kappa shape index (κ1) is 11.7. The molecule has 1 aliphatic carbocycles. The molecule has 16 heavy (non-hydrogen) atoms. The van der Waals surface area contributed by atoms with E-state index in [1.807, 2.05) is 0 Å². The largest absolute Gasteiger partial charge is 0.349 e. The first-order valence-electron chi connectivity index (χ1n) is 6.52. The van der Waals surface area contributed by atoms with Crippen molar-refractivity contribution in [3.05, 3.63) is 23.0 Å². The summed E-state index contributed by atoms with van der Waals surface area (Å²) in [5.74, 6) is 0.940. The first-order valence-corrected chi connectivity index (χ1v) is 6.52. The molecule has 0 aromatic carbocycles. The van der Waals surface area contributed by atoms with Gasteiger partial charge in [-0.15, -0.1) is 0 Å². The van der Waals surface area contributed by atoms with Gasteiger partial charge in [0.1, 0.15) is 0 Å². The molecule has 0 spiro atoms. The van der Waals surface area contributed by atoms with Crippen molar-refractivity contribution in [1.82, 2.24) is 9.88 Å². The predicted molar refractivity (Wildman–Crippen MR) is 68.6 cm³/mol. The summed E-state index contributed by atoms with van der Waals surface area (Å²) in [6, 6.07) is 3.01. The normalized spacial score (nSPS) is 17.8. The van der Waals surface area contributed by atoms with Crippen molar-refractivity contribution < 1.29 is 0 Å². The highest BCUT2D eigenvalue weighted by Crippen LogP contribution is 2.32. The number of hydrogen-bond donors (Lipinski definition) is 1. The van der Waals surface area contributed by atoms with Gasteiger partial charge in [-0.25, -0.2) is 0 Å². The average Bonchev–Trinajstić information content (AvgIpc) is 3.04. The zero-order valence-corrected chi connectivity index (χ0v) is 11.0. The Morgan fingerprint density at radius 2 is 2.12 bits per heavy atom. The van der Waals surface area contributed by atoms with E-state index < -0.39 is 0 Å². The molecule has 1 heterocycles. The van der Waals surface area contributed by atoms with E-state index in [0.717, 1.165) is 19.0 Å². The van der Waals surface area contributed by atoms with Crippen LogP contribution in [-0.4, -0.2) is 10.6 Å². The van der Waals surface area contributed by atoms with Gasteiger partial charge in [-0.1, -0.05) is 0 Å². The average molecular weight is 220 g/mol. The van der Waals surface area contributed by atoms with Gasteiger partial charge >= 0.3 is 0 Å². The van der Waals surface area contributed by atoms with E-state index in [0.29, 0.717) is 6.04 Å². The number of nitrogens with zero attached hydrogens (tertiary/aromatic N) is 1. The van der Waals surface area contributed by atoms with E-state index in [2.05, 4.69) is 43.6 Å². The lowest BCUT2D eigenvalue weighted by atomic mass is 10.2. The second kappa shape index (κ2) is 4.62. The first-order chi connectivity index (χ1) is 7.63. The van der Waals surface area contributed by atoms with Gasteiger partial charge in [0.2, 0.25) is 0 Å². The molecule has 2 heteroatoms. The number of hydrogen-bond acceptors (Lipinski definition) is 1. The quantitative estimate of drug-likeness (QED) is 0.807. The highest BCUT2D eigenvalue weighted by atomic mass is 15.0. The minimum absolute atomic E-state index is 0.685. The Balaban J connectivity index is 1.98. The van der Waals surface area contributed by atoms with Crippen molar-refractivity contribution in [3.8, 4) is 0 Å². The molecule has 1 N–H and O–H groups in total. The Kier molecular flexibility index (Phi) is 3.38. The van der Waals surface area contributed by atoms with Crippen LogP contribution < -0.4 is 5.32 Å². The molecule has 90 valence electrons. The number of nitrogens with one attached hydrogen (secondary N) is 1. The summed E-state index contributed by atoms with van der Waals surface area (Å²) in [4.78, 5) is 0. The lowest BCUT2D eigenvalue weighted by molar-refractivity contribution is 0.495. The molecule has 1 fully saturated rings. The Morgan fingerprint density at radius 3 is 2.62 bits per heavy atom. The van der Waals surface area contributed by atoms with Crippen LogP contribution in [0.25, 0.3) is 0 Å². The maximum Gasteiger partial charge on any atom is 0.0225 e. The highest BCUT2D eigenvalue weighted by Gasteiger charge is 2.27. The molecule has 0 bridgehead atoms. The summed E-state index contributed by atoms with van der Waals surface area (Å²) in [5, 5.41) is 3.65. The van der Waals surface area contributed by atoms with Crippen molar-refractivity contribution in [3.63, 3.8) is 0 Å². The minimum atomic E-state index is 0.685. The SMILES string of the molecule is CCn1c(C)cc(CNC(C)C2CC2)c1C. The van der Waals surface area contributed by atoms with Gasteiger partial charge in [0.05, 0.1) is 0 Å². The standard InChI is InChI=1S/C14H24N2/c1-5-16-10(2)8-14(12(16)4)9-15-11(3)13-6-7-13/h8,11,13,15H,5-7,9H2,1-4H3. The van der Waals surface area contributed by atoms with Gasteiger partial charge in [-0.2, -0.15) is 0 Å². The molecule has 0 amide bonds. The van der Waals surface area contributed by atoms with Gasteiger partial charge in [0, 0.05) is 30.5 Å². The van der Waals surface area contributed by atoms with Crippen LogP contribution in [0.15, 0.2) is 6.07 Å². The molecule has 1 aromatic rings. The van der Waals surface area contributed by atoms with E-state index >= 15 is 0 Å². The lowest BCUT2D eigenvalue weighted by Gasteiger charge is -2.12. The highest BCUT2D eigenvalue weighted by molar-refractivity contribution is 5.26. The van der Waals surface area contributed by atoms with Crippen molar-refractivity contribution in [2.24, 2.45) is 5.92 Å². The van der Waals surface area contributed by atoms with Crippen LogP contribution in [0.2, 0.25) is 0 Å². The van der Waals surface area contributed by atoms with E-state index in [9.17, 15) is 0 Å². The third kappa shape index (κ3) is 2.32. The maximum atomic E-state index is 3.65. The predicted octanol–water partition coefficient (Wildman–Crippen LogP) is 3.01. The van der Waals surface area contributed by atoms with Crippen LogP contribution in [-0.2, 0) is 13.1 Å². The Labute approximate surface area is 99.0 Å². The maximum absolute atomic E-state index is 3.65. The van der Waals surface area contributed by atoms with Crippen molar-refractivity contribution in [2.45, 2.75) is 59.7 Å². The zero-order valence-electron chi connectivity index (χ0n) is 11.0. The zero-order chi connectivity index (χ0) is 11.7. The summed E-state index contributed by atoms with van der Waals surface area (Å²) in [7, 11) is 0. The van der Waals surface area contributed by atoms with E-state index in [4.69, 9.17) is 0 Å². The monoisotopic (exact) mass is 220 g/mol. The molecule has 0 radical (unpaired) electrons. The fourth-order valence-electron chi connectivity index (χ4n) is 2.57. The van der Waals surface area contributed by atoms with Crippen molar-refractivity contribution >= 4 is 0 Å². The van der Waals surface area contributed by atoms with Gasteiger partial charge in [-0.05, 0) is 58.1 Å². The van der Waals surface area contributed by atoms with Gasteiger partial charge in [0.15, 0.2) is 0 Å². The fraction of sp³-hybridized carbons (Fsp3) is 0.714. The second-order valence-electron chi connectivity index (χ2n) is 5.15. The molecule has 0 saturated heterocycles. The number of aryl methyl sites for hydroxylation is 1. The Morgan fingerprint density at radius 1 is 1.44 bits per heavy atom. The Bertz CT molecular complexity index is 361. The van der Waals surface area contributed by atoms with Crippen molar-refractivity contribution in [2.75, 3.05) is 0 Å². The summed E-state index contributed by atoms with van der Waals surface area (Å²) in [6.07, 6.45) is 2.84. The van der Waals surface area contributed by atoms with Crippen LogP contribution >= 0.6 is 0 Å². The molecule has 1 saturated carbocycles. The molecular weight excluding hydrogens is 196 g/mol. The topological polar surface area (TPSA) is 17.0 Å². The van der Waals surface area contributed by atoms with Crippen LogP contribution in [0, 0.1) is 19.8 Å². The number of rotatable bonds is 5.